The smallest absolute Gasteiger partial charge is 0.341 e. The molecule has 0 saturated heterocycles. The van der Waals surface area contributed by atoms with Crippen molar-refractivity contribution in [2.24, 2.45) is 0 Å². The monoisotopic (exact) mass is 195 g/mol. The van der Waals surface area contributed by atoms with Gasteiger partial charge in [0, 0.05) is 0 Å². The molecule has 1 N–H and O–H groups in total. The van der Waals surface area contributed by atoms with Crippen LogP contribution in [-0.4, -0.2) is 24.3 Å². The van der Waals surface area contributed by atoms with E-state index < -0.39 is 5.97 Å². The van der Waals surface area contributed by atoms with E-state index in [9.17, 15) is 4.79 Å². The molecule has 0 heterocycles. The number of hydrogen-bond acceptors (Lipinski definition) is 3. The van der Waals surface area contributed by atoms with Crippen molar-refractivity contribution in [3.63, 3.8) is 0 Å². The molecule has 1 radical (unpaired) electrons. The maximum absolute atomic E-state index is 10.2. The van der Waals surface area contributed by atoms with Crippen LogP contribution in [0.1, 0.15) is 0 Å². The third-order valence-electron chi connectivity index (χ3n) is 1.45. The molecule has 0 bridgehead atoms. The van der Waals surface area contributed by atoms with Gasteiger partial charge in [0.2, 0.25) is 0 Å². The molecule has 0 aliphatic carbocycles. The van der Waals surface area contributed by atoms with Crippen molar-refractivity contribution in [3.8, 4) is 11.5 Å². The second kappa shape index (κ2) is 5.11. The fourth-order valence-electron chi connectivity index (χ4n) is 0.895. The van der Waals surface area contributed by atoms with Crippen LogP contribution in [0.5, 0.6) is 11.5 Å². The predicted octanol–water partition coefficient (Wildman–Crippen LogP) is 1.36. The van der Waals surface area contributed by atoms with Crippen molar-refractivity contribution in [1.29, 1.82) is 0 Å². The van der Waals surface area contributed by atoms with Gasteiger partial charge in [0.05, 0.1) is 6.61 Å². The highest BCUT2D eigenvalue weighted by Gasteiger charge is 1.99. The zero-order chi connectivity index (χ0) is 10.4. The summed E-state index contributed by atoms with van der Waals surface area (Å²) < 4.78 is 10.0. The molecular weight excluding hydrogens is 184 g/mol. The Balaban J connectivity index is 2.50. The molecule has 0 amide bonds. The number of aliphatic carboxylic acids is 1. The molecule has 0 aromatic heterocycles. The van der Waals surface area contributed by atoms with Gasteiger partial charge in [0.15, 0.2) is 6.61 Å². The summed E-state index contributed by atoms with van der Waals surface area (Å²) in [6.07, 6.45) is 0. The van der Waals surface area contributed by atoms with Gasteiger partial charge < -0.3 is 14.6 Å². The average molecular weight is 195 g/mol. The highest BCUT2D eigenvalue weighted by Crippen LogP contribution is 2.17. The van der Waals surface area contributed by atoms with E-state index in [0.29, 0.717) is 18.1 Å². The molecule has 1 aromatic rings. The Bertz CT molecular complexity index is 291. The second-order valence-corrected chi connectivity index (χ2v) is 2.50. The predicted molar refractivity (Wildman–Crippen MR) is 50.4 cm³/mol. The van der Waals surface area contributed by atoms with Crippen molar-refractivity contribution in [1.82, 2.24) is 0 Å². The molecule has 0 fully saturated rings. The van der Waals surface area contributed by atoms with Crippen LogP contribution in [0.3, 0.4) is 0 Å². The lowest BCUT2D eigenvalue weighted by Gasteiger charge is -2.05. The zero-order valence-corrected chi connectivity index (χ0v) is 7.60. The third kappa shape index (κ3) is 3.35. The van der Waals surface area contributed by atoms with Gasteiger partial charge >= 0.3 is 5.97 Å². The van der Waals surface area contributed by atoms with Gasteiger partial charge in [0.25, 0.3) is 0 Å². The van der Waals surface area contributed by atoms with Crippen LogP contribution >= 0.6 is 0 Å². The van der Waals surface area contributed by atoms with Gasteiger partial charge in [0.1, 0.15) is 11.5 Å². The molecule has 1 rings (SSSR count). The molecule has 1 aromatic carbocycles. The Morgan fingerprint density at radius 3 is 2.14 bits per heavy atom. The Morgan fingerprint density at radius 1 is 1.21 bits per heavy atom. The van der Waals surface area contributed by atoms with Gasteiger partial charge in [-0.1, -0.05) is 0 Å². The topological polar surface area (TPSA) is 55.8 Å². The minimum Gasteiger partial charge on any atom is -0.494 e. The molecule has 0 aliphatic rings. The average Bonchev–Trinajstić information content (AvgIpc) is 2.17. The summed E-state index contributed by atoms with van der Waals surface area (Å²) in [5, 5.41) is 8.36. The first kappa shape index (κ1) is 10.4. The zero-order valence-electron chi connectivity index (χ0n) is 7.60. The van der Waals surface area contributed by atoms with Crippen LogP contribution in [0.15, 0.2) is 24.3 Å². The third-order valence-corrected chi connectivity index (χ3v) is 1.45. The highest BCUT2D eigenvalue weighted by molar-refractivity contribution is 5.68. The van der Waals surface area contributed by atoms with E-state index in [2.05, 4.69) is 6.92 Å². The summed E-state index contributed by atoms with van der Waals surface area (Å²) in [7, 11) is 0. The van der Waals surface area contributed by atoms with E-state index in [1.807, 2.05) is 0 Å². The normalized spacial score (nSPS) is 9.50. The van der Waals surface area contributed by atoms with E-state index in [1.165, 1.54) is 0 Å². The van der Waals surface area contributed by atoms with Gasteiger partial charge in [-0.05, 0) is 31.2 Å². The maximum atomic E-state index is 10.2. The molecular formula is C10H11O4. The summed E-state index contributed by atoms with van der Waals surface area (Å²) >= 11 is 0. The lowest BCUT2D eigenvalue weighted by atomic mass is 10.3. The highest BCUT2D eigenvalue weighted by atomic mass is 16.5. The molecule has 75 valence electrons. The molecule has 4 heteroatoms. The van der Waals surface area contributed by atoms with E-state index in [1.54, 1.807) is 24.3 Å². The van der Waals surface area contributed by atoms with Crippen LogP contribution < -0.4 is 9.47 Å². The van der Waals surface area contributed by atoms with E-state index in [4.69, 9.17) is 14.6 Å². The van der Waals surface area contributed by atoms with E-state index >= 15 is 0 Å². The van der Waals surface area contributed by atoms with Gasteiger partial charge in [-0.2, -0.15) is 0 Å². The molecule has 0 spiro atoms. The van der Waals surface area contributed by atoms with Crippen molar-refractivity contribution < 1.29 is 19.4 Å². The molecule has 0 unspecified atom stereocenters. The second-order valence-electron chi connectivity index (χ2n) is 2.50. The molecule has 4 nitrogen and oxygen atoms in total. The number of benzene rings is 1. The van der Waals surface area contributed by atoms with Crippen LogP contribution in [0.4, 0.5) is 0 Å². The van der Waals surface area contributed by atoms with Crippen molar-refractivity contribution >= 4 is 5.97 Å². The van der Waals surface area contributed by atoms with Crippen LogP contribution in [0, 0.1) is 6.92 Å². The Hall–Kier alpha value is -1.71. The Labute approximate surface area is 82.1 Å². The Kier molecular flexibility index (Phi) is 3.79. The largest absolute Gasteiger partial charge is 0.494 e. The fraction of sp³-hybridized carbons (Fsp3) is 0.200. The molecule has 0 atom stereocenters. The first-order chi connectivity index (χ1) is 6.72. The number of ether oxygens (including phenoxy) is 2. The SMILES string of the molecule is [CH2]COc1ccc(OCC(=O)O)cc1. The summed E-state index contributed by atoms with van der Waals surface area (Å²) in [6.45, 7) is 3.55. The Morgan fingerprint density at radius 2 is 1.71 bits per heavy atom. The number of hydrogen-bond donors (Lipinski definition) is 1. The van der Waals surface area contributed by atoms with Crippen molar-refractivity contribution in [2.45, 2.75) is 0 Å². The van der Waals surface area contributed by atoms with Gasteiger partial charge in [-0.25, -0.2) is 4.79 Å². The first-order valence-electron chi connectivity index (χ1n) is 4.09. The van der Waals surface area contributed by atoms with Crippen LogP contribution in [-0.2, 0) is 4.79 Å². The summed E-state index contributed by atoms with van der Waals surface area (Å²) in [5.41, 5.74) is 0. The van der Waals surface area contributed by atoms with Crippen LogP contribution in [0.2, 0.25) is 0 Å². The summed E-state index contributed by atoms with van der Waals surface area (Å²) in [6, 6.07) is 6.69. The standard InChI is InChI=1S/C10H11O4/c1-2-13-8-3-5-9(6-4-8)14-7-10(11)12/h3-6H,1-2,7H2,(H,11,12). The lowest BCUT2D eigenvalue weighted by molar-refractivity contribution is -0.139. The fourth-order valence-corrected chi connectivity index (χ4v) is 0.895. The minimum absolute atomic E-state index is 0.338. The van der Waals surface area contributed by atoms with E-state index in [0.717, 1.165) is 0 Å². The van der Waals surface area contributed by atoms with Crippen molar-refractivity contribution in [3.05, 3.63) is 31.2 Å². The quantitative estimate of drug-likeness (QED) is 0.770. The molecule has 0 aliphatic heterocycles. The van der Waals surface area contributed by atoms with Gasteiger partial charge in [-0.15, -0.1) is 0 Å². The maximum Gasteiger partial charge on any atom is 0.341 e. The van der Waals surface area contributed by atoms with E-state index in [-0.39, 0.29) is 6.61 Å². The summed E-state index contributed by atoms with van der Waals surface area (Å²) in [4.78, 5) is 10.2. The number of carbonyl (C=O) groups is 1. The first-order valence-corrected chi connectivity index (χ1v) is 4.09. The van der Waals surface area contributed by atoms with Crippen LogP contribution in [0.25, 0.3) is 0 Å². The van der Waals surface area contributed by atoms with Gasteiger partial charge in [-0.3, -0.25) is 0 Å². The number of rotatable bonds is 5. The summed E-state index contributed by atoms with van der Waals surface area (Å²) in [5.74, 6) is 0.189. The minimum atomic E-state index is -0.997. The molecule has 14 heavy (non-hydrogen) atoms. The number of carboxylic acids is 1. The lowest BCUT2D eigenvalue weighted by Crippen LogP contribution is -2.09. The van der Waals surface area contributed by atoms with Crippen molar-refractivity contribution in [2.75, 3.05) is 13.2 Å². The number of carboxylic acid groups (broad SMARTS) is 1. The molecule has 0 saturated carbocycles.